The van der Waals surface area contributed by atoms with Gasteiger partial charge in [0.2, 0.25) is 15.9 Å². The molecule has 1 amide bonds. The maximum Gasteiger partial charge on any atom is 0.241 e. The molecule has 0 aliphatic rings. The van der Waals surface area contributed by atoms with E-state index in [9.17, 15) is 13.2 Å². The number of benzene rings is 1. The maximum absolute atomic E-state index is 12.5. The summed E-state index contributed by atoms with van der Waals surface area (Å²) in [5.41, 5.74) is 3.22. The van der Waals surface area contributed by atoms with Crippen molar-refractivity contribution in [1.29, 1.82) is 0 Å². The van der Waals surface area contributed by atoms with Crippen LogP contribution in [-0.4, -0.2) is 31.1 Å². The van der Waals surface area contributed by atoms with Crippen molar-refractivity contribution in [2.24, 2.45) is 0 Å². The molecule has 8 heteroatoms. The first-order valence-corrected chi connectivity index (χ1v) is 9.07. The number of aryl methyl sites for hydroxylation is 4. The van der Waals surface area contributed by atoms with Crippen LogP contribution in [0.5, 0.6) is 0 Å². The molecular formula is C16H22N4O3S. The lowest BCUT2D eigenvalue weighted by Gasteiger charge is -2.13. The molecule has 0 radical (unpaired) electrons. The number of anilines is 1. The number of hydrogen-bond acceptors (Lipinski definition) is 4. The minimum absolute atomic E-state index is 0.0182. The Morgan fingerprint density at radius 3 is 2.29 bits per heavy atom. The molecule has 1 aromatic carbocycles. The fraction of sp³-hybridized carbons (Fsp3) is 0.375. The minimum atomic E-state index is -3.65. The number of nitrogens with zero attached hydrogens (tertiary/aromatic N) is 1. The van der Waals surface area contributed by atoms with Crippen molar-refractivity contribution >= 4 is 21.7 Å². The Balaban J connectivity index is 1.97. The van der Waals surface area contributed by atoms with Crippen LogP contribution in [-0.2, 0) is 14.8 Å². The number of amides is 1. The first kappa shape index (κ1) is 18.2. The van der Waals surface area contributed by atoms with Crippen LogP contribution < -0.4 is 10.0 Å². The third-order valence-electron chi connectivity index (χ3n) is 3.49. The van der Waals surface area contributed by atoms with E-state index in [1.54, 1.807) is 19.9 Å². The molecule has 130 valence electrons. The second-order valence-electron chi connectivity index (χ2n) is 5.86. The summed E-state index contributed by atoms with van der Waals surface area (Å²) in [7, 11) is -3.65. The largest absolute Gasteiger partial charge is 0.309 e. The van der Waals surface area contributed by atoms with Gasteiger partial charge in [-0.25, -0.2) is 13.1 Å². The van der Waals surface area contributed by atoms with E-state index >= 15 is 0 Å². The van der Waals surface area contributed by atoms with Gasteiger partial charge < -0.3 is 5.32 Å². The Morgan fingerprint density at radius 2 is 1.75 bits per heavy atom. The van der Waals surface area contributed by atoms with Crippen molar-refractivity contribution in [2.75, 3.05) is 11.9 Å². The maximum atomic E-state index is 12.5. The molecule has 0 bridgehead atoms. The summed E-state index contributed by atoms with van der Waals surface area (Å²) in [6, 6.07) is 5.35. The summed E-state index contributed by atoms with van der Waals surface area (Å²) in [5, 5.41) is 9.22. The molecule has 24 heavy (non-hydrogen) atoms. The molecule has 0 atom stereocenters. The van der Waals surface area contributed by atoms with Crippen molar-refractivity contribution in [3.05, 3.63) is 40.6 Å². The predicted octanol–water partition coefficient (Wildman–Crippen LogP) is 1.95. The third kappa shape index (κ3) is 4.42. The first-order chi connectivity index (χ1) is 11.2. The number of aromatic amines is 1. The standard InChI is InChI=1S/C16H22N4O3S/c1-10-7-11(2)16(12(3)8-10)24(22,23)17-6-5-15(21)18-14-9-13(4)19-20-14/h7-9,17H,5-6H2,1-4H3,(H2,18,19,20,21). The SMILES string of the molecule is Cc1cc(C)c(S(=O)(=O)NCCC(=O)Nc2cc(C)[nH]n2)c(C)c1. The number of aromatic nitrogens is 2. The highest BCUT2D eigenvalue weighted by Crippen LogP contribution is 2.21. The Kier molecular flexibility index (Phi) is 5.40. The van der Waals surface area contributed by atoms with Crippen molar-refractivity contribution in [3.8, 4) is 0 Å². The van der Waals surface area contributed by atoms with Crippen LogP contribution in [0, 0.1) is 27.7 Å². The van der Waals surface area contributed by atoms with E-state index in [-0.39, 0.29) is 23.8 Å². The van der Waals surface area contributed by atoms with Gasteiger partial charge in [0, 0.05) is 24.7 Å². The second kappa shape index (κ2) is 7.14. The minimum Gasteiger partial charge on any atom is -0.309 e. The molecule has 0 spiro atoms. The molecule has 0 unspecified atom stereocenters. The Labute approximate surface area is 141 Å². The van der Waals surface area contributed by atoms with Gasteiger partial charge in [-0.15, -0.1) is 0 Å². The van der Waals surface area contributed by atoms with Gasteiger partial charge in [-0.05, 0) is 38.8 Å². The van der Waals surface area contributed by atoms with E-state index in [0.717, 1.165) is 11.3 Å². The van der Waals surface area contributed by atoms with Crippen LogP contribution in [0.4, 0.5) is 5.82 Å². The lowest BCUT2D eigenvalue weighted by Crippen LogP contribution is -2.29. The van der Waals surface area contributed by atoms with Gasteiger partial charge in [-0.1, -0.05) is 17.7 Å². The van der Waals surface area contributed by atoms with Crippen LogP contribution in [0.3, 0.4) is 0 Å². The average molecular weight is 350 g/mol. The molecule has 2 rings (SSSR count). The number of nitrogens with one attached hydrogen (secondary N) is 3. The summed E-state index contributed by atoms with van der Waals surface area (Å²) in [4.78, 5) is 12.1. The van der Waals surface area contributed by atoms with Crippen molar-refractivity contribution in [2.45, 2.75) is 39.0 Å². The first-order valence-electron chi connectivity index (χ1n) is 7.58. The highest BCUT2D eigenvalue weighted by Gasteiger charge is 2.19. The summed E-state index contributed by atoms with van der Waals surface area (Å²) in [5.74, 6) is 0.118. The van der Waals surface area contributed by atoms with Crippen LogP contribution >= 0.6 is 0 Å². The van der Waals surface area contributed by atoms with Gasteiger partial charge in [-0.3, -0.25) is 9.89 Å². The second-order valence-corrected chi connectivity index (χ2v) is 7.56. The predicted molar refractivity (Wildman–Crippen MR) is 92.4 cm³/mol. The van der Waals surface area contributed by atoms with Gasteiger partial charge in [0.25, 0.3) is 0 Å². The number of rotatable bonds is 6. The normalized spacial score (nSPS) is 11.5. The quantitative estimate of drug-likeness (QED) is 0.740. The molecule has 0 saturated heterocycles. The fourth-order valence-electron chi connectivity index (χ4n) is 2.65. The molecule has 2 aromatic rings. The molecule has 0 aliphatic heterocycles. The number of hydrogen-bond donors (Lipinski definition) is 3. The highest BCUT2D eigenvalue weighted by atomic mass is 32.2. The monoisotopic (exact) mass is 350 g/mol. The van der Waals surface area contributed by atoms with Crippen molar-refractivity contribution < 1.29 is 13.2 Å². The van der Waals surface area contributed by atoms with E-state index in [4.69, 9.17) is 0 Å². The molecule has 1 aromatic heterocycles. The zero-order chi connectivity index (χ0) is 17.9. The Bertz CT molecular complexity index is 833. The van der Waals surface area contributed by atoms with Crippen molar-refractivity contribution in [3.63, 3.8) is 0 Å². The van der Waals surface area contributed by atoms with E-state index in [1.165, 1.54) is 0 Å². The third-order valence-corrected chi connectivity index (χ3v) is 5.26. The highest BCUT2D eigenvalue weighted by molar-refractivity contribution is 7.89. The molecule has 0 saturated carbocycles. The van der Waals surface area contributed by atoms with Gasteiger partial charge >= 0.3 is 0 Å². The number of carbonyl (C=O) groups is 1. The zero-order valence-electron chi connectivity index (χ0n) is 14.2. The number of carbonyl (C=O) groups excluding carboxylic acids is 1. The van der Waals surface area contributed by atoms with Crippen LogP contribution in [0.2, 0.25) is 0 Å². The fourth-order valence-corrected chi connectivity index (χ4v) is 4.13. The summed E-state index contributed by atoms with van der Waals surface area (Å²) >= 11 is 0. The number of H-pyrrole nitrogens is 1. The summed E-state index contributed by atoms with van der Waals surface area (Å²) in [6.45, 7) is 7.29. The van der Waals surface area contributed by atoms with Crippen LogP contribution in [0.15, 0.2) is 23.1 Å². The van der Waals surface area contributed by atoms with Gasteiger partial charge in [0.05, 0.1) is 4.90 Å². The van der Waals surface area contributed by atoms with E-state index in [0.29, 0.717) is 16.9 Å². The summed E-state index contributed by atoms with van der Waals surface area (Å²) < 4.78 is 27.4. The van der Waals surface area contributed by atoms with Crippen LogP contribution in [0.25, 0.3) is 0 Å². The Hall–Kier alpha value is -2.19. The molecule has 0 aliphatic carbocycles. The van der Waals surface area contributed by atoms with Gasteiger partial charge in [0.15, 0.2) is 5.82 Å². The topological polar surface area (TPSA) is 104 Å². The van der Waals surface area contributed by atoms with Crippen molar-refractivity contribution in [1.82, 2.24) is 14.9 Å². The smallest absolute Gasteiger partial charge is 0.241 e. The summed E-state index contributed by atoms with van der Waals surface area (Å²) in [6.07, 6.45) is 0.0229. The van der Waals surface area contributed by atoms with Gasteiger partial charge in [0.1, 0.15) is 0 Å². The van der Waals surface area contributed by atoms with E-state index in [1.807, 2.05) is 26.0 Å². The molecule has 7 nitrogen and oxygen atoms in total. The average Bonchev–Trinajstić information content (AvgIpc) is 2.81. The van der Waals surface area contributed by atoms with E-state index < -0.39 is 10.0 Å². The molecule has 3 N–H and O–H groups in total. The van der Waals surface area contributed by atoms with Gasteiger partial charge in [-0.2, -0.15) is 5.10 Å². The molecular weight excluding hydrogens is 328 g/mol. The molecule has 0 fully saturated rings. The van der Waals surface area contributed by atoms with E-state index in [2.05, 4.69) is 20.2 Å². The van der Waals surface area contributed by atoms with Crippen LogP contribution in [0.1, 0.15) is 28.8 Å². The lowest BCUT2D eigenvalue weighted by atomic mass is 10.1. The molecule has 1 heterocycles. The number of sulfonamides is 1. The lowest BCUT2D eigenvalue weighted by molar-refractivity contribution is -0.116. The zero-order valence-corrected chi connectivity index (χ0v) is 15.0. The Morgan fingerprint density at radius 1 is 1.12 bits per heavy atom.